The second kappa shape index (κ2) is 10.0. The fourth-order valence-electron chi connectivity index (χ4n) is 4.59. The van der Waals surface area contributed by atoms with Gasteiger partial charge in [0.15, 0.2) is 11.4 Å². The number of alkyl carbamates (subject to hydrolysis) is 1. The molecule has 1 fully saturated rings. The average molecular weight is 497 g/mol. The lowest BCUT2D eigenvalue weighted by Gasteiger charge is -2.51. The van der Waals surface area contributed by atoms with Crippen LogP contribution in [0.3, 0.4) is 0 Å². The average Bonchev–Trinajstić information content (AvgIpc) is 3.04. The van der Waals surface area contributed by atoms with Gasteiger partial charge < -0.3 is 13.8 Å². The van der Waals surface area contributed by atoms with Crippen LogP contribution in [0.15, 0.2) is 28.8 Å². The number of aromatic nitrogens is 1. The van der Waals surface area contributed by atoms with E-state index >= 15 is 0 Å². The molecule has 1 heterocycles. The molecule has 2 unspecified atom stereocenters. The van der Waals surface area contributed by atoms with Crippen LogP contribution in [-0.2, 0) is 21.7 Å². The predicted octanol–water partition coefficient (Wildman–Crippen LogP) is 5.50. The molecular weight excluding hydrogens is 466 g/mol. The number of hydrogen-bond acceptors (Lipinski definition) is 6. The Morgan fingerprint density at radius 2 is 1.94 bits per heavy atom. The third-order valence-electron chi connectivity index (χ3n) is 5.82. The highest BCUT2D eigenvalue weighted by Crippen LogP contribution is 2.46. The van der Waals surface area contributed by atoms with Crippen molar-refractivity contribution >= 4 is 34.6 Å². The highest BCUT2D eigenvalue weighted by molar-refractivity contribution is 7.80. The second-order valence-electron chi connectivity index (χ2n) is 9.42. The SMILES string of the molecule is Cc1noc(C)c1N(S(=O)[O-])C(NC(=O)OC(C)(C)C)(c1cccc(Cl)c1)C1CCCCC1. The summed E-state index contributed by atoms with van der Waals surface area (Å²) >= 11 is 3.56. The van der Waals surface area contributed by atoms with Crippen molar-refractivity contribution in [1.29, 1.82) is 0 Å². The summed E-state index contributed by atoms with van der Waals surface area (Å²) in [4.78, 5) is 13.2. The summed E-state index contributed by atoms with van der Waals surface area (Å²) in [5, 5.41) is 7.36. The fraction of sp³-hybridized carbons (Fsp3) is 0.565. The molecule has 0 spiro atoms. The van der Waals surface area contributed by atoms with Gasteiger partial charge in [-0.25, -0.2) is 4.79 Å². The number of carbonyl (C=O) groups is 1. The maximum absolute atomic E-state index is 13.2. The maximum Gasteiger partial charge on any atom is 0.409 e. The summed E-state index contributed by atoms with van der Waals surface area (Å²) in [6.45, 7) is 8.58. The van der Waals surface area contributed by atoms with Crippen molar-refractivity contribution in [2.24, 2.45) is 5.92 Å². The predicted molar refractivity (Wildman–Crippen MR) is 126 cm³/mol. The molecular formula is C23H31ClN3O5S-. The van der Waals surface area contributed by atoms with Crippen LogP contribution in [0.25, 0.3) is 0 Å². The van der Waals surface area contributed by atoms with Crippen LogP contribution in [0.2, 0.25) is 5.02 Å². The summed E-state index contributed by atoms with van der Waals surface area (Å²) < 4.78 is 38.0. The number of carbonyl (C=O) groups excluding carboxylic acids is 1. The number of anilines is 1. The van der Waals surface area contributed by atoms with E-state index in [1.54, 1.807) is 58.9 Å². The molecule has 182 valence electrons. The van der Waals surface area contributed by atoms with Crippen LogP contribution in [-0.4, -0.2) is 25.6 Å². The Kier molecular flexibility index (Phi) is 7.76. The number of rotatable bonds is 6. The summed E-state index contributed by atoms with van der Waals surface area (Å²) in [5.41, 5.74) is -1.06. The minimum absolute atomic E-state index is 0.246. The first-order valence-corrected chi connectivity index (χ1v) is 12.5. The van der Waals surface area contributed by atoms with Gasteiger partial charge in [0, 0.05) is 16.5 Å². The van der Waals surface area contributed by atoms with Crippen LogP contribution in [0, 0.1) is 19.8 Å². The molecule has 0 aliphatic heterocycles. The van der Waals surface area contributed by atoms with Gasteiger partial charge in [0.25, 0.3) is 0 Å². The zero-order valence-corrected chi connectivity index (χ0v) is 21.2. The van der Waals surface area contributed by atoms with Gasteiger partial charge in [0.2, 0.25) is 0 Å². The van der Waals surface area contributed by atoms with E-state index in [-0.39, 0.29) is 11.6 Å². The Hall–Kier alpha value is -2.10. The number of halogens is 1. The molecule has 33 heavy (non-hydrogen) atoms. The number of nitrogens with one attached hydrogen (secondary N) is 1. The Bertz CT molecular complexity index is 996. The summed E-state index contributed by atoms with van der Waals surface area (Å²) in [6.07, 6.45) is 3.54. The van der Waals surface area contributed by atoms with Gasteiger partial charge in [-0.05, 0) is 59.6 Å². The lowest BCUT2D eigenvalue weighted by atomic mass is 9.76. The van der Waals surface area contributed by atoms with E-state index in [1.165, 1.54) is 4.31 Å². The number of nitrogens with zero attached hydrogens (tertiary/aromatic N) is 2. The third kappa shape index (κ3) is 5.53. The lowest BCUT2D eigenvalue weighted by Crippen LogP contribution is -2.64. The second-order valence-corrected chi connectivity index (χ2v) is 10.7. The minimum Gasteiger partial charge on any atom is -0.755 e. The molecule has 3 rings (SSSR count). The largest absolute Gasteiger partial charge is 0.755 e. The van der Waals surface area contributed by atoms with Crippen LogP contribution < -0.4 is 9.62 Å². The van der Waals surface area contributed by atoms with Crippen molar-refractivity contribution in [2.75, 3.05) is 4.31 Å². The Morgan fingerprint density at radius 3 is 2.45 bits per heavy atom. The molecule has 0 radical (unpaired) electrons. The zero-order valence-electron chi connectivity index (χ0n) is 19.6. The maximum atomic E-state index is 13.2. The van der Waals surface area contributed by atoms with Crippen molar-refractivity contribution < 1.29 is 22.8 Å². The molecule has 10 heteroatoms. The van der Waals surface area contributed by atoms with Crippen molar-refractivity contribution in [1.82, 2.24) is 10.5 Å². The van der Waals surface area contributed by atoms with Crippen molar-refractivity contribution in [3.8, 4) is 0 Å². The molecule has 8 nitrogen and oxygen atoms in total. The standard InChI is InChI=1S/C23H32ClN3O5S/c1-15-20(16(2)32-26-15)27(33(29)30)23(17-10-7-6-8-11-17,18-12-9-13-19(24)14-18)25-21(28)31-22(3,4)5/h9,12-14,17H,6-8,10-11H2,1-5H3,(H,25,28)(H,29,30)/p-1. The van der Waals surface area contributed by atoms with E-state index in [4.69, 9.17) is 20.9 Å². The first kappa shape index (κ1) is 25.5. The monoisotopic (exact) mass is 496 g/mol. The molecule has 1 aromatic heterocycles. The molecule has 1 aliphatic rings. The third-order valence-corrected chi connectivity index (χ3v) is 6.82. The van der Waals surface area contributed by atoms with E-state index in [1.807, 2.05) is 0 Å². The molecule has 1 aliphatic carbocycles. The molecule has 0 saturated heterocycles. The van der Waals surface area contributed by atoms with Gasteiger partial charge in [-0.15, -0.1) is 0 Å². The van der Waals surface area contributed by atoms with Crippen molar-refractivity contribution in [3.63, 3.8) is 0 Å². The van der Waals surface area contributed by atoms with Gasteiger partial charge in [-0.2, -0.15) is 0 Å². The van der Waals surface area contributed by atoms with E-state index < -0.39 is 28.6 Å². The molecule has 1 saturated carbocycles. The van der Waals surface area contributed by atoms with E-state index in [0.29, 0.717) is 34.9 Å². The van der Waals surface area contributed by atoms with Gasteiger partial charge in [-0.3, -0.25) is 13.8 Å². The summed E-state index contributed by atoms with van der Waals surface area (Å²) in [5.74, 6) is 0.0775. The molecule has 1 amide bonds. The van der Waals surface area contributed by atoms with Gasteiger partial charge in [0.05, 0.1) is 11.3 Å². The lowest BCUT2D eigenvalue weighted by molar-refractivity contribution is 0.0384. The number of ether oxygens (including phenoxy) is 1. The Morgan fingerprint density at radius 1 is 1.27 bits per heavy atom. The van der Waals surface area contributed by atoms with Crippen LogP contribution >= 0.6 is 11.6 Å². The van der Waals surface area contributed by atoms with E-state index in [0.717, 1.165) is 19.3 Å². The summed E-state index contributed by atoms with van der Waals surface area (Å²) in [6, 6.07) is 6.91. The number of hydrogen-bond donors (Lipinski definition) is 1. The topological polar surface area (TPSA) is 108 Å². The van der Waals surface area contributed by atoms with Crippen LogP contribution in [0.4, 0.5) is 10.5 Å². The quantitative estimate of drug-likeness (QED) is 0.417. The van der Waals surface area contributed by atoms with E-state index in [9.17, 15) is 13.6 Å². The van der Waals surface area contributed by atoms with E-state index in [2.05, 4.69) is 10.5 Å². The van der Waals surface area contributed by atoms with Crippen LogP contribution in [0.5, 0.6) is 0 Å². The Labute approximate surface area is 202 Å². The Balaban J connectivity index is 2.31. The number of aryl methyl sites for hydroxylation is 2. The van der Waals surface area contributed by atoms with Crippen LogP contribution in [0.1, 0.15) is 69.9 Å². The minimum atomic E-state index is -2.80. The molecule has 2 aromatic rings. The smallest absolute Gasteiger partial charge is 0.409 e. The molecule has 2 atom stereocenters. The molecule has 0 bridgehead atoms. The fourth-order valence-corrected chi connectivity index (χ4v) is 5.72. The van der Waals surface area contributed by atoms with Gasteiger partial charge in [-0.1, -0.05) is 48.2 Å². The first-order valence-electron chi connectivity index (χ1n) is 11.1. The number of benzene rings is 1. The highest BCUT2D eigenvalue weighted by Gasteiger charge is 2.50. The number of amides is 1. The van der Waals surface area contributed by atoms with Gasteiger partial charge in [0.1, 0.15) is 17.0 Å². The van der Waals surface area contributed by atoms with Gasteiger partial charge >= 0.3 is 6.09 Å². The van der Waals surface area contributed by atoms with Crippen molar-refractivity contribution in [2.45, 2.75) is 78.0 Å². The highest BCUT2D eigenvalue weighted by atomic mass is 35.5. The first-order chi connectivity index (χ1) is 15.5. The molecule has 1 aromatic carbocycles. The molecule has 1 N–H and O–H groups in total. The van der Waals surface area contributed by atoms with Crippen molar-refractivity contribution in [3.05, 3.63) is 46.3 Å². The normalized spacial score (nSPS) is 17.8. The zero-order chi connectivity index (χ0) is 24.4. The summed E-state index contributed by atoms with van der Waals surface area (Å²) in [7, 11) is 0.